The Kier molecular flexibility index (Phi) is 17.7. The van der Waals surface area contributed by atoms with Crippen molar-refractivity contribution in [2.24, 2.45) is 7.05 Å². The SMILES string of the molecule is CN1[CH-]N(c2[c-]cccc2)c2ccccc21.Cc1[c-]nn(-c2ccccc2)c1.Cn1cc(-c2ccccc2)[c-]n1.[C-]1=CC=CC=C(N2[CH-]N(c3ccccc3)C3=C2C=CCC=C3)C1.[Pt].[Pt]. The first-order valence-corrected chi connectivity index (χ1v) is 20.9. The number of rotatable bonds is 5. The molecular weight excluding hydrogens is 1160 g/mol. The Morgan fingerprint density at radius 3 is 1.89 bits per heavy atom. The molecule has 65 heavy (non-hydrogen) atoms. The largest absolute Gasteiger partial charge is 0.504 e. The average Bonchev–Trinajstić information content (AvgIpc) is 4.05. The fraction of sp³-hybridized carbons (Fsp3) is 0.0909. The zero-order valence-electron chi connectivity index (χ0n) is 36.3. The van der Waals surface area contributed by atoms with Crippen LogP contribution in [0.25, 0.3) is 16.8 Å². The van der Waals surface area contributed by atoms with Gasteiger partial charge in [-0.25, -0.2) is 12.2 Å². The number of hydrogen-bond donors (Lipinski definition) is 0. The third kappa shape index (κ3) is 12.4. The van der Waals surface area contributed by atoms with Gasteiger partial charge in [0.2, 0.25) is 0 Å². The third-order valence-electron chi connectivity index (χ3n) is 10.2. The molecular formula is C55H48N8Pt2-6. The number of para-hydroxylation sites is 5. The molecule has 0 atom stereocenters. The third-order valence-corrected chi connectivity index (χ3v) is 10.2. The molecule has 2 aliphatic carbocycles. The molecule has 5 aromatic carbocycles. The Bertz CT molecular complexity index is 2660. The van der Waals surface area contributed by atoms with Crippen LogP contribution in [-0.2, 0) is 49.2 Å². The van der Waals surface area contributed by atoms with E-state index in [0.29, 0.717) is 0 Å². The quantitative estimate of drug-likeness (QED) is 0.160. The minimum absolute atomic E-state index is 0. The minimum atomic E-state index is 0. The van der Waals surface area contributed by atoms with E-state index in [4.69, 9.17) is 0 Å². The molecule has 4 heterocycles. The van der Waals surface area contributed by atoms with Crippen molar-refractivity contribution in [2.75, 3.05) is 21.7 Å². The standard InChI is InChI=1S/C21H18N2.C14H12N2.2C10H9N2.2Pt/c1-2-6-12-18(11-5-1)22-17-23(19-13-7-3-8-14-19)21-16-10-4-9-15-20(21)22;1-15-11-16(12-7-3-2-4-8-12)14-10-6-5-9-13(14)15;1-12-8-10(7-11-12)9-5-3-2-4-6-9;1-9-7-11-12(8-9)10-5-3-2-4-6-10;;/h1-3,5,7-11,13-17H,4,12H2;2-7,9-11H,1H3;2*2-6,8H,1H3;;/q2*-2;2*-1;;. The van der Waals surface area contributed by atoms with E-state index < -0.39 is 0 Å². The van der Waals surface area contributed by atoms with Crippen LogP contribution in [0.3, 0.4) is 0 Å². The zero-order valence-corrected chi connectivity index (χ0v) is 40.9. The summed E-state index contributed by atoms with van der Waals surface area (Å²) in [4.78, 5) is 8.79. The van der Waals surface area contributed by atoms with Crippen molar-refractivity contribution in [3.63, 3.8) is 0 Å². The fourth-order valence-corrected chi connectivity index (χ4v) is 7.17. The minimum Gasteiger partial charge on any atom is -0.504 e. The van der Waals surface area contributed by atoms with Crippen LogP contribution >= 0.6 is 0 Å². The van der Waals surface area contributed by atoms with E-state index in [1.54, 1.807) is 4.68 Å². The van der Waals surface area contributed by atoms with E-state index in [1.807, 2.05) is 128 Å². The number of aromatic nitrogens is 4. The van der Waals surface area contributed by atoms with E-state index in [2.05, 4.69) is 166 Å². The predicted octanol–water partition coefficient (Wildman–Crippen LogP) is 11.9. The summed E-state index contributed by atoms with van der Waals surface area (Å²) < 4.78 is 3.57. The Morgan fingerprint density at radius 1 is 0.600 bits per heavy atom. The summed E-state index contributed by atoms with van der Waals surface area (Å²) in [5.41, 5.74) is 12.6. The van der Waals surface area contributed by atoms with E-state index >= 15 is 0 Å². The molecule has 0 N–H and O–H groups in total. The molecule has 4 aliphatic rings. The van der Waals surface area contributed by atoms with Crippen molar-refractivity contribution in [2.45, 2.75) is 19.8 Å². The molecule has 0 radical (unpaired) electrons. The molecule has 2 aliphatic heterocycles. The summed E-state index contributed by atoms with van der Waals surface area (Å²) >= 11 is 0. The van der Waals surface area contributed by atoms with Crippen molar-refractivity contribution in [3.8, 4) is 16.8 Å². The normalized spacial score (nSPS) is 14.2. The monoisotopic (exact) mass is 1210 g/mol. The molecule has 0 amide bonds. The van der Waals surface area contributed by atoms with Gasteiger partial charge in [-0.1, -0.05) is 104 Å². The van der Waals surface area contributed by atoms with Crippen LogP contribution in [0.1, 0.15) is 18.4 Å². The zero-order chi connectivity index (χ0) is 43.2. The predicted molar refractivity (Wildman–Crippen MR) is 256 cm³/mol. The van der Waals surface area contributed by atoms with Crippen molar-refractivity contribution < 1.29 is 42.1 Å². The first-order chi connectivity index (χ1) is 31.0. The second-order valence-corrected chi connectivity index (χ2v) is 14.8. The van der Waals surface area contributed by atoms with E-state index in [1.165, 1.54) is 34.2 Å². The Labute approximate surface area is 413 Å². The number of benzene rings is 5. The van der Waals surface area contributed by atoms with Crippen LogP contribution in [0.5, 0.6) is 0 Å². The van der Waals surface area contributed by atoms with Gasteiger partial charge in [-0.15, -0.1) is 54.1 Å². The van der Waals surface area contributed by atoms with Crippen LogP contribution in [0.4, 0.5) is 22.7 Å². The van der Waals surface area contributed by atoms with Gasteiger partial charge < -0.3 is 34.1 Å². The van der Waals surface area contributed by atoms with E-state index in [-0.39, 0.29) is 42.1 Å². The van der Waals surface area contributed by atoms with Crippen molar-refractivity contribution in [3.05, 3.63) is 261 Å². The Morgan fingerprint density at radius 2 is 1.25 bits per heavy atom. The van der Waals surface area contributed by atoms with Gasteiger partial charge in [0, 0.05) is 83.3 Å². The summed E-state index contributed by atoms with van der Waals surface area (Å²) in [6.07, 6.45) is 31.9. The number of allylic oxidation sites excluding steroid dienone is 9. The first-order valence-electron chi connectivity index (χ1n) is 20.9. The first kappa shape index (κ1) is 48.0. The number of anilines is 4. The molecule has 7 aromatic rings. The second kappa shape index (κ2) is 24.0. The smallest absolute Gasteiger partial charge is 0.0430 e. The molecule has 2 aromatic heterocycles. The molecule has 8 nitrogen and oxygen atoms in total. The van der Waals surface area contributed by atoms with E-state index in [9.17, 15) is 0 Å². The van der Waals surface area contributed by atoms with Gasteiger partial charge in [-0.2, -0.15) is 42.6 Å². The molecule has 0 spiro atoms. The van der Waals surface area contributed by atoms with E-state index in [0.717, 1.165) is 40.9 Å². The van der Waals surface area contributed by atoms with Gasteiger partial charge >= 0.3 is 0 Å². The van der Waals surface area contributed by atoms with Gasteiger partial charge in [-0.3, -0.25) is 11.2 Å². The summed E-state index contributed by atoms with van der Waals surface area (Å²) in [5.74, 6) is 0. The summed E-state index contributed by atoms with van der Waals surface area (Å²) in [6.45, 7) is 6.23. The molecule has 0 fully saturated rings. The van der Waals surface area contributed by atoms with Crippen LogP contribution in [0.15, 0.2) is 218 Å². The Hall–Kier alpha value is -6.46. The van der Waals surface area contributed by atoms with Crippen LogP contribution in [-0.4, -0.2) is 31.5 Å². The summed E-state index contributed by atoms with van der Waals surface area (Å²) in [6, 6.07) is 50.2. The van der Waals surface area contributed by atoms with Gasteiger partial charge in [0.05, 0.1) is 0 Å². The topological polar surface area (TPSA) is 48.6 Å². The second-order valence-electron chi connectivity index (χ2n) is 14.8. The average molecular weight is 1210 g/mol. The molecule has 0 bridgehead atoms. The van der Waals surface area contributed by atoms with Gasteiger partial charge in [0.25, 0.3) is 0 Å². The van der Waals surface area contributed by atoms with Crippen LogP contribution < -0.4 is 14.7 Å². The maximum Gasteiger partial charge on any atom is 0.0430 e. The summed E-state index contributed by atoms with van der Waals surface area (Å²) in [5, 5.41) is 8.06. The molecule has 0 unspecified atom stereocenters. The van der Waals surface area contributed by atoms with Crippen LogP contribution in [0, 0.1) is 44.8 Å². The molecule has 334 valence electrons. The number of hydrogen-bond acceptors (Lipinski definition) is 6. The number of aryl methyl sites for hydroxylation is 2. The number of nitrogens with zero attached hydrogens (tertiary/aromatic N) is 8. The molecule has 11 rings (SSSR count). The van der Waals surface area contributed by atoms with Gasteiger partial charge in [0.15, 0.2) is 0 Å². The molecule has 10 heteroatoms. The van der Waals surface area contributed by atoms with Gasteiger partial charge in [-0.05, 0) is 73.9 Å². The van der Waals surface area contributed by atoms with Crippen molar-refractivity contribution in [1.29, 1.82) is 0 Å². The maximum atomic E-state index is 4.08. The number of fused-ring (bicyclic) bond motifs is 1. The fourth-order valence-electron chi connectivity index (χ4n) is 7.17. The summed E-state index contributed by atoms with van der Waals surface area (Å²) in [7, 11) is 3.95. The molecule has 0 saturated heterocycles. The van der Waals surface area contributed by atoms with Crippen molar-refractivity contribution in [1.82, 2.24) is 24.5 Å². The van der Waals surface area contributed by atoms with Gasteiger partial charge in [0.1, 0.15) is 0 Å². The molecule has 0 saturated carbocycles. The Balaban J connectivity index is 0.000000148. The maximum absolute atomic E-state index is 4.08. The van der Waals surface area contributed by atoms with Crippen molar-refractivity contribution >= 4 is 22.7 Å². The van der Waals surface area contributed by atoms with Crippen LogP contribution in [0.2, 0.25) is 0 Å².